The van der Waals surface area contributed by atoms with E-state index in [9.17, 15) is 14.4 Å². The third kappa shape index (κ3) is 4.46. The third-order valence-corrected chi connectivity index (χ3v) is 5.34. The number of benzene rings is 1. The molecule has 2 heterocycles. The van der Waals surface area contributed by atoms with Crippen molar-refractivity contribution in [1.29, 1.82) is 0 Å². The number of hydrogen-bond acceptors (Lipinski definition) is 5. The second-order valence-electron chi connectivity index (χ2n) is 7.77. The van der Waals surface area contributed by atoms with Crippen LogP contribution in [0.15, 0.2) is 18.2 Å². The summed E-state index contributed by atoms with van der Waals surface area (Å²) in [5.41, 5.74) is -0.684. The van der Waals surface area contributed by atoms with Crippen molar-refractivity contribution in [3.05, 3.63) is 23.8 Å². The van der Waals surface area contributed by atoms with Crippen LogP contribution in [0.25, 0.3) is 0 Å². The fraction of sp³-hybridized carbons (Fsp3) is 0.571. The molecule has 2 aliphatic rings. The monoisotopic (exact) mass is 403 g/mol. The number of unbranched alkanes of at least 4 members (excludes halogenated alkanes) is 2. The van der Waals surface area contributed by atoms with Gasteiger partial charge in [-0.2, -0.15) is 0 Å². The Morgan fingerprint density at radius 3 is 2.69 bits per heavy atom. The number of rotatable bonds is 8. The van der Waals surface area contributed by atoms with Gasteiger partial charge in [0.2, 0.25) is 5.91 Å². The van der Waals surface area contributed by atoms with Gasteiger partial charge in [0.25, 0.3) is 5.91 Å². The molecule has 1 aromatic rings. The van der Waals surface area contributed by atoms with Crippen LogP contribution in [-0.4, -0.2) is 48.5 Å². The normalized spacial score (nSPS) is 21.7. The molecule has 0 saturated carbocycles. The standard InChI is InChI=1S/C21H29N3O5/c1-4-5-6-7-14(2)22-18(25)13-24-19(26)21(3,23-20(24)27)15-8-9-16-17(12-15)29-11-10-28-16/h8-9,12,14H,4-7,10-11,13H2,1-3H3,(H,22,25)(H,23,27)/t14-,21-/m0/s1. The largest absolute Gasteiger partial charge is 0.486 e. The van der Waals surface area contributed by atoms with Crippen molar-refractivity contribution in [3.8, 4) is 11.5 Å². The van der Waals surface area contributed by atoms with Gasteiger partial charge in [0.05, 0.1) is 0 Å². The zero-order chi connectivity index (χ0) is 21.0. The maximum absolute atomic E-state index is 13.0. The summed E-state index contributed by atoms with van der Waals surface area (Å²) in [6.45, 7) is 6.28. The molecular formula is C21H29N3O5. The molecule has 1 fully saturated rings. The van der Waals surface area contributed by atoms with Crippen LogP contribution in [0.4, 0.5) is 4.79 Å². The number of carbonyl (C=O) groups excluding carboxylic acids is 3. The van der Waals surface area contributed by atoms with Gasteiger partial charge in [-0.1, -0.05) is 32.3 Å². The highest BCUT2D eigenvalue weighted by Crippen LogP contribution is 2.36. The number of amides is 4. The zero-order valence-electron chi connectivity index (χ0n) is 17.2. The molecule has 8 heteroatoms. The van der Waals surface area contributed by atoms with Crippen LogP contribution in [0.5, 0.6) is 11.5 Å². The summed E-state index contributed by atoms with van der Waals surface area (Å²) < 4.78 is 11.1. The van der Waals surface area contributed by atoms with Crippen molar-refractivity contribution in [1.82, 2.24) is 15.5 Å². The first kappa shape index (κ1) is 21.0. The predicted octanol–water partition coefficient (Wildman–Crippen LogP) is 2.31. The molecule has 0 radical (unpaired) electrons. The average molecular weight is 403 g/mol. The van der Waals surface area contributed by atoms with Crippen molar-refractivity contribution in [2.24, 2.45) is 0 Å². The van der Waals surface area contributed by atoms with Crippen LogP contribution >= 0.6 is 0 Å². The lowest BCUT2D eigenvalue weighted by Gasteiger charge is -2.25. The van der Waals surface area contributed by atoms with E-state index in [1.807, 2.05) is 6.92 Å². The summed E-state index contributed by atoms with van der Waals surface area (Å²) in [5, 5.41) is 5.58. The molecule has 8 nitrogen and oxygen atoms in total. The summed E-state index contributed by atoms with van der Waals surface area (Å²) >= 11 is 0. The van der Waals surface area contributed by atoms with Gasteiger partial charge in [0.1, 0.15) is 25.3 Å². The maximum atomic E-state index is 13.0. The molecule has 0 aliphatic carbocycles. The van der Waals surface area contributed by atoms with Crippen LogP contribution in [0.1, 0.15) is 52.0 Å². The fourth-order valence-corrected chi connectivity index (χ4v) is 3.63. The fourth-order valence-electron chi connectivity index (χ4n) is 3.63. The molecule has 29 heavy (non-hydrogen) atoms. The van der Waals surface area contributed by atoms with E-state index < -0.39 is 17.5 Å². The quantitative estimate of drug-likeness (QED) is 0.513. The molecule has 0 spiro atoms. The molecular weight excluding hydrogens is 374 g/mol. The maximum Gasteiger partial charge on any atom is 0.325 e. The molecule has 3 rings (SSSR count). The highest BCUT2D eigenvalue weighted by Gasteiger charge is 2.49. The lowest BCUT2D eigenvalue weighted by Crippen LogP contribution is -2.45. The van der Waals surface area contributed by atoms with Gasteiger partial charge in [0.15, 0.2) is 11.5 Å². The first-order valence-electron chi connectivity index (χ1n) is 10.2. The Bertz CT molecular complexity index is 797. The lowest BCUT2D eigenvalue weighted by atomic mass is 9.91. The van der Waals surface area contributed by atoms with E-state index in [-0.39, 0.29) is 18.5 Å². The molecule has 1 aromatic carbocycles. The van der Waals surface area contributed by atoms with Gasteiger partial charge >= 0.3 is 6.03 Å². The predicted molar refractivity (Wildman–Crippen MR) is 107 cm³/mol. The Kier molecular flexibility index (Phi) is 6.30. The molecule has 0 bridgehead atoms. The number of urea groups is 1. The minimum absolute atomic E-state index is 0.000931. The van der Waals surface area contributed by atoms with Crippen LogP contribution in [0.3, 0.4) is 0 Å². The van der Waals surface area contributed by atoms with E-state index in [0.717, 1.165) is 30.6 Å². The van der Waals surface area contributed by atoms with Gasteiger partial charge in [-0.3, -0.25) is 14.5 Å². The van der Waals surface area contributed by atoms with E-state index >= 15 is 0 Å². The number of hydrogen-bond donors (Lipinski definition) is 2. The number of imide groups is 1. The SMILES string of the molecule is CCCCC[C@H](C)NC(=O)CN1C(=O)N[C@@](C)(c2ccc3c(c2)OCCO3)C1=O. The topological polar surface area (TPSA) is 97.0 Å². The Labute approximate surface area is 170 Å². The van der Waals surface area contributed by atoms with Crippen LogP contribution in [0, 0.1) is 0 Å². The number of nitrogens with one attached hydrogen (secondary N) is 2. The van der Waals surface area contributed by atoms with Crippen molar-refractivity contribution >= 4 is 17.8 Å². The lowest BCUT2D eigenvalue weighted by molar-refractivity contribution is -0.135. The molecule has 4 amide bonds. The van der Waals surface area contributed by atoms with Crippen molar-refractivity contribution in [2.45, 2.75) is 58.0 Å². The van der Waals surface area contributed by atoms with E-state index in [1.54, 1.807) is 25.1 Å². The van der Waals surface area contributed by atoms with E-state index in [1.165, 1.54) is 0 Å². The van der Waals surface area contributed by atoms with Gasteiger partial charge < -0.3 is 20.1 Å². The highest BCUT2D eigenvalue weighted by molar-refractivity contribution is 6.09. The molecule has 0 aromatic heterocycles. The minimum Gasteiger partial charge on any atom is -0.486 e. The smallest absolute Gasteiger partial charge is 0.325 e. The summed E-state index contributed by atoms with van der Waals surface area (Å²) in [4.78, 5) is 38.8. The van der Waals surface area contributed by atoms with Crippen molar-refractivity contribution < 1.29 is 23.9 Å². The van der Waals surface area contributed by atoms with Gasteiger partial charge in [-0.15, -0.1) is 0 Å². The number of fused-ring (bicyclic) bond motifs is 1. The molecule has 2 aliphatic heterocycles. The van der Waals surface area contributed by atoms with Crippen molar-refractivity contribution in [3.63, 3.8) is 0 Å². The summed E-state index contributed by atoms with van der Waals surface area (Å²) in [5.74, 6) is 0.333. The summed E-state index contributed by atoms with van der Waals surface area (Å²) in [6, 6.07) is 4.57. The van der Waals surface area contributed by atoms with E-state index in [4.69, 9.17) is 9.47 Å². The first-order chi connectivity index (χ1) is 13.8. The third-order valence-electron chi connectivity index (χ3n) is 5.34. The molecule has 1 saturated heterocycles. The highest BCUT2D eigenvalue weighted by atomic mass is 16.6. The second-order valence-corrected chi connectivity index (χ2v) is 7.77. The molecule has 158 valence electrons. The minimum atomic E-state index is -1.26. The van der Waals surface area contributed by atoms with Crippen LogP contribution in [-0.2, 0) is 15.1 Å². The second kappa shape index (κ2) is 8.71. The Morgan fingerprint density at radius 1 is 1.24 bits per heavy atom. The van der Waals surface area contributed by atoms with E-state index in [0.29, 0.717) is 30.3 Å². The van der Waals surface area contributed by atoms with Crippen molar-refractivity contribution in [2.75, 3.05) is 19.8 Å². The molecule has 2 N–H and O–H groups in total. The van der Waals surface area contributed by atoms with Gasteiger partial charge in [0, 0.05) is 6.04 Å². The number of nitrogens with zero attached hydrogens (tertiary/aromatic N) is 1. The Balaban J connectivity index is 1.66. The number of carbonyl (C=O) groups is 3. The molecule has 0 unspecified atom stereocenters. The number of ether oxygens (including phenoxy) is 2. The van der Waals surface area contributed by atoms with Gasteiger partial charge in [-0.25, -0.2) is 4.79 Å². The van der Waals surface area contributed by atoms with E-state index in [2.05, 4.69) is 17.6 Å². The summed E-state index contributed by atoms with van der Waals surface area (Å²) in [7, 11) is 0. The first-order valence-corrected chi connectivity index (χ1v) is 10.2. The Hall–Kier alpha value is -2.77. The van der Waals surface area contributed by atoms with Crippen LogP contribution in [0.2, 0.25) is 0 Å². The van der Waals surface area contributed by atoms with Gasteiger partial charge in [-0.05, 0) is 38.0 Å². The average Bonchev–Trinajstić information content (AvgIpc) is 2.91. The summed E-state index contributed by atoms with van der Waals surface area (Å²) in [6.07, 6.45) is 4.13. The Morgan fingerprint density at radius 2 is 1.97 bits per heavy atom. The zero-order valence-corrected chi connectivity index (χ0v) is 17.2. The van der Waals surface area contributed by atoms with Crippen LogP contribution < -0.4 is 20.1 Å². The molecule has 2 atom stereocenters.